The Hall–Kier alpha value is -1.96. The fourth-order valence-electron chi connectivity index (χ4n) is 1.81. The van der Waals surface area contributed by atoms with Crippen molar-refractivity contribution in [2.45, 2.75) is 12.7 Å². The SMILES string of the molecule is O=C(O)CN(CC(=O)O)CC(O)COCc1ccccc1. The van der Waals surface area contributed by atoms with Crippen molar-refractivity contribution in [1.29, 1.82) is 0 Å². The Morgan fingerprint density at radius 2 is 1.67 bits per heavy atom. The van der Waals surface area contributed by atoms with E-state index in [-0.39, 0.29) is 13.2 Å². The van der Waals surface area contributed by atoms with Gasteiger partial charge in [0.25, 0.3) is 0 Å². The van der Waals surface area contributed by atoms with Gasteiger partial charge in [0.05, 0.1) is 32.4 Å². The molecule has 0 aliphatic carbocycles. The van der Waals surface area contributed by atoms with Crippen LogP contribution in [0.5, 0.6) is 0 Å². The number of hydrogen-bond donors (Lipinski definition) is 3. The number of carboxylic acid groups (broad SMARTS) is 2. The predicted octanol–water partition coefficient (Wildman–Crippen LogP) is 0.0353. The third-order valence-electron chi connectivity index (χ3n) is 2.61. The van der Waals surface area contributed by atoms with Crippen LogP contribution in [0.4, 0.5) is 0 Å². The lowest BCUT2D eigenvalue weighted by atomic mass is 10.2. The van der Waals surface area contributed by atoms with Gasteiger partial charge in [0.2, 0.25) is 0 Å². The Balaban J connectivity index is 2.33. The number of nitrogens with zero attached hydrogens (tertiary/aromatic N) is 1. The summed E-state index contributed by atoms with van der Waals surface area (Å²) in [6.45, 7) is -0.627. The number of rotatable bonds is 10. The summed E-state index contributed by atoms with van der Waals surface area (Å²) in [7, 11) is 0. The molecule has 0 amide bonds. The highest BCUT2D eigenvalue weighted by Gasteiger charge is 2.17. The van der Waals surface area contributed by atoms with E-state index in [1.54, 1.807) is 0 Å². The molecule has 116 valence electrons. The number of aliphatic hydroxyl groups excluding tert-OH is 1. The van der Waals surface area contributed by atoms with Gasteiger partial charge in [-0.1, -0.05) is 30.3 Å². The largest absolute Gasteiger partial charge is 0.480 e. The molecule has 0 saturated heterocycles. The first-order valence-electron chi connectivity index (χ1n) is 6.43. The highest BCUT2D eigenvalue weighted by molar-refractivity contribution is 5.72. The summed E-state index contributed by atoms with van der Waals surface area (Å²) < 4.78 is 5.32. The smallest absolute Gasteiger partial charge is 0.317 e. The van der Waals surface area contributed by atoms with Crippen LogP contribution in [-0.4, -0.2) is 64.5 Å². The molecule has 1 atom stereocenters. The molecular weight excluding hydrogens is 278 g/mol. The molecule has 1 unspecified atom stereocenters. The van der Waals surface area contributed by atoms with Crippen molar-refractivity contribution in [3.63, 3.8) is 0 Å². The topological polar surface area (TPSA) is 107 Å². The standard InChI is InChI=1S/C14H19NO6/c16-12(6-15(7-13(17)18)8-14(19)20)10-21-9-11-4-2-1-3-5-11/h1-5,12,16H,6-10H2,(H,17,18)(H,19,20). The van der Waals surface area contributed by atoms with Crippen molar-refractivity contribution in [3.8, 4) is 0 Å². The first kappa shape index (κ1) is 17.1. The summed E-state index contributed by atoms with van der Waals surface area (Å²) in [5, 5.41) is 27.1. The molecule has 7 heteroatoms. The number of aliphatic hydroxyl groups is 1. The van der Waals surface area contributed by atoms with E-state index in [9.17, 15) is 14.7 Å². The Bertz CT molecular complexity index is 434. The second kappa shape index (κ2) is 9.06. The molecule has 0 spiro atoms. The van der Waals surface area contributed by atoms with E-state index in [0.29, 0.717) is 6.61 Å². The number of carboxylic acids is 2. The van der Waals surface area contributed by atoms with Gasteiger partial charge in [0.1, 0.15) is 0 Å². The van der Waals surface area contributed by atoms with E-state index in [1.165, 1.54) is 0 Å². The molecule has 0 heterocycles. The highest BCUT2D eigenvalue weighted by atomic mass is 16.5. The second-order valence-corrected chi connectivity index (χ2v) is 4.61. The summed E-state index contributed by atoms with van der Waals surface area (Å²) in [5.41, 5.74) is 0.956. The van der Waals surface area contributed by atoms with Crippen LogP contribution in [0.1, 0.15) is 5.56 Å². The average molecular weight is 297 g/mol. The number of aliphatic carboxylic acids is 2. The molecule has 0 bridgehead atoms. The van der Waals surface area contributed by atoms with Crippen molar-refractivity contribution in [1.82, 2.24) is 4.90 Å². The maximum Gasteiger partial charge on any atom is 0.317 e. The summed E-state index contributed by atoms with van der Waals surface area (Å²) in [6.07, 6.45) is -0.951. The summed E-state index contributed by atoms with van der Waals surface area (Å²) >= 11 is 0. The summed E-state index contributed by atoms with van der Waals surface area (Å²) in [4.78, 5) is 22.4. The molecule has 0 aromatic heterocycles. The van der Waals surface area contributed by atoms with Crippen LogP contribution in [0.3, 0.4) is 0 Å². The van der Waals surface area contributed by atoms with Crippen LogP contribution in [0.15, 0.2) is 30.3 Å². The first-order chi connectivity index (χ1) is 9.97. The van der Waals surface area contributed by atoms with E-state index in [4.69, 9.17) is 14.9 Å². The van der Waals surface area contributed by atoms with E-state index >= 15 is 0 Å². The monoisotopic (exact) mass is 297 g/mol. The molecule has 1 aromatic rings. The van der Waals surface area contributed by atoms with E-state index < -0.39 is 31.1 Å². The lowest BCUT2D eigenvalue weighted by Crippen LogP contribution is -2.41. The number of ether oxygens (including phenoxy) is 1. The van der Waals surface area contributed by atoms with Crippen LogP contribution in [-0.2, 0) is 20.9 Å². The molecule has 0 aliphatic rings. The predicted molar refractivity (Wildman–Crippen MR) is 73.8 cm³/mol. The maximum absolute atomic E-state index is 10.6. The van der Waals surface area contributed by atoms with Gasteiger partial charge in [0.15, 0.2) is 0 Å². The van der Waals surface area contributed by atoms with Crippen LogP contribution < -0.4 is 0 Å². The molecule has 7 nitrogen and oxygen atoms in total. The van der Waals surface area contributed by atoms with Crippen molar-refractivity contribution in [3.05, 3.63) is 35.9 Å². The third kappa shape index (κ3) is 8.03. The van der Waals surface area contributed by atoms with E-state index in [0.717, 1.165) is 10.5 Å². The van der Waals surface area contributed by atoms with Crippen LogP contribution in [0.25, 0.3) is 0 Å². The van der Waals surface area contributed by atoms with Crippen molar-refractivity contribution in [2.75, 3.05) is 26.2 Å². The van der Waals surface area contributed by atoms with Crippen LogP contribution in [0.2, 0.25) is 0 Å². The average Bonchev–Trinajstić information content (AvgIpc) is 2.38. The van der Waals surface area contributed by atoms with Crippen molar-refractivity contribution < 1.29 is 29.6 Å². The Morgan fingerprint density at radius 1 is 1.10 bits per heavy atom. The third-order valence-corrected chi connectivity index (χ3v) is 2.61. The van der Waals surface area contributed by atoms with Crippen LogP contribution in [0, 0.1) is 0 Å². The van der Waals surface area contributed by atoms with E-state index in [1.807, 2.05) is 30.3 Å². The van der Waals surface area contributed by atoms with Gasteiger partial charge in [0, 0.05) is 6.54 Å². The molecule has 21 heavy (non-hydrogen) atoms. The van der Waals surface area contributed by atoms with Gasteiger partial charge in [-0.3, -0.25) is 14.5 Å². The molecule has 1 aromatic carbocycles. The molecule has 0 saturated carbocycles. The number of benzene rings is 1. The number of carbonyl (C=O) groups is 2. The zero-order valence-electron chi connectivity index (χ0n) is 11.5. The van der Waals surface area contributed by atoms with Crippen molar-refractivity contribution in [2.24, 2.45) is 0 Å². The fraction of sp³-hybridized carbons (Fsp3) is 0.429. The zero-order chi connectivity index (χ0) is 15.7. The van der Waals surface area contributed by atoms with Gasteiger partial charge in [-0.2, -0.15) is 0 Å². The maximum atomic E-state index is 10.6. The number of hydrogen-bond acceptors (Lipinski definition) is 5. The molecule has 0 fully saturated rings. The van der Waals surface area contributed by atoms with Crippen LogP contribution >= 0.6 is 0 Å². The lowest BCUT2D eigenvalue weighted by Gasteiger charge is -2.21. The molecule has 1 rings (SSSR count). The zero-order valence-corrected chi connectivity index (χ0v) is 11.5. The van der Waals surface area contributed by atoms with Gasteiger partial charge in [-0.25, -0.2) is 0 Å². The fourth-order valence-corrected chi connectivity index (χ4v) is 1.81. The van der Waals surface area contributed by atoms with Gasteiger partial charge in [-0.15, -0.1) is 0 Å². The minimum Gasteiger partial charge on any atom is -0.480 e. The van der Waals surface area contributed by atoms with Gasteiger partial charge in [-0.05, 0) is 5.56 Å². The molecule has 0 radical (unpaired) electrons. The first-order valence-corrected chi connectivity index (χ1v) is 6.43. The lowest BCUT2D eigenvalue weighted by molar-refractivity contribution is -0.142. The minimum atomic E-state index is -1.14. The highest BCUT2D eigenvalue weighted by Crippen LogP contribution is 2.02. The minimum absolute atomic E-state index is 0.00460. The Kier molecular flexibility index (Phi) is 7.38. The summed E-state index contributed by atoms with van der Waals surface area (Å²) in [6, 6.07) is 9.39. The summed E-state index contributed by atoms with van der Waals surface area (Å²) in [5.74, 6) is -2.29. The molecule has 0 aliphatic heterocycles. The molecular formula is C14H19NO6. The Labute approximate surface area is 122 Å². The van der Waals surface area contributed by atoms with Gasteiger partial charge < -0.3 is 20.1 Å². The quantitative estimate of drug-likeness (QED) is 0.559. The second-order valence-electron chi connectivity index (χ2n) is 4.61. The molecule has 3 N–H and O–H groups in total. The normalized spacial score (nSPS) is 12.3. The Morgan fingerprint density at radius 3 is 2.19 bits per heavy atom. The van der Waals surface area contributed by atoms with Gasteiger partial charge >= 0.3 is 11.9 Å². The van der Waals surface area contributed by atoms with Crippen molar-refractivity contribution >= 4 is 11.9 Å². The van der Waals surface area contributed by atoms with E-state index in [2.05, 4.69) is 0 Å².